The van der Waals surface area contributed by atoms with Gasteiger partial charge in [-0.1, -0.05) is 212 Å². The van der Waals surface area contributed by atoms with Gasteiger partial charge in [0, 0.05) is 12.8 Å². The van der Waals surface area contributed by atoms with Gasteiger partial charge in [-0.3, -0.25) is 9.59 Å². The lowest BCUT2D eigenvalue weighted by Crippen LogP contribution is -2.44. The van der Waals surface area contributed by atoms with Gasteiger partial charge in [-0.05, 0) is 44.9 Å². The summed E-state index contributed by atoms with van der Waals surface area (Å²) >= 11 is 0. The summed E-state index contributed by atoms with van der Waals surface area (Å²) in [5, 5.41) is 11.6. The van der Waals surface area contributed by atoms with Gasteiger partial charge in [0.2, 0.25) is 0 Å². The number of unbranched alkanes of at least 4 members (excludes halogenated alkanes) is 30. The molecule has 0 aliphatic carbocycles. The summed E-state index contributed by atoms with van der Waals surface area (Å²) in [4.78, 5) is 36.7. The summed E-state index contributed by atoms with van der Waals surface area (Å²) in [5.74, 6) is -2.29. The highest BCUT2D eigenvalue weighted by Gasteiger charge is 2.22. The van der Waals surface area contributed by atoms with Crippen LogP contribution < -0.4 is 5.11 Å². The van der Waals surface area contributed by atoms with Crippen molar-refractivity contribution in [1.82, 2.24) is 0 Å². The van der Waals surface area contributed by atoms with Crippen LogP contribution in [-0.2, 0) is 33.3 Å². The molecule has 0 bridgehead atoms. The van der Waals surface area contributed by atoms with E-state index in [1.54, 1.807) is 0 Å². The summed E-state index contributed by atoms with van der Waals surface area (Å²) in [6.07, 6.45) is 50.1. The minimum absolute atomic E-state index is 0.150. The van der Waals surface area contributed by atoms with E-state index in [1.165, 1.54) is 161 Å². The van der Waals surface area contributed by atoms with E-state index < -0.39 is 24.3 Å². The van der Waals surface area contributed by atoms with Crippen LogP contribution in [-0.4, -0.2) is 82.3 Å². The number of esters is 2. The Morgan fingerprint density at radius 3 is 1.25 bits per heavy atom. The van der Waals surface area contributed by atoms with Crippen molar-refractivity contribution in [2.45, 2.75) is 257 Å². The fourth-order valence-corrected chi connectivity index (χ4v) is 7.57. The number of carbonyl (C=O) groups excluding carboxylic acids is 3. The van der Waals surface area contributed by atoms with E-state index in [4.69, 9.17) is 18.9 Å². The summed E-state index contributed by atoms with van der Waals surface area (Å²) < 4.78 is 22.4. The third kappa shape index (κ3) is 47.5. The Labute approximate surface area is 388 Å². The molecule has 0 saturated heterocycles. The minimum Gasteiger partial charge on any atom is -0.545 e. The van der Waals surface area contributed by atoms with Crippen molar-refractivity contribution >= 4 is 17.9 Å². The van der Waals surface area contributed by atoms with Crippen LogP contribution in [0.2, 0.25) is 0 Å². The largest absolute Gasteiger partial charge is 0.545 e. The van der Waals surface area contributed by atoms with Crippen LogP contribution in [0.3, 0.4) is 0 Å². The Morgan fingerprint density at radius 2 is 0.857 bits per heavy atom. The zero-order chi connectivity index (χ0) is 46.3. The lowest BCUT2D eigenvalue weighted by molar-refractivity contribution is -0.870. The molecule has 0 aromatic rings. The van der Waals surface area contributed by atoms with Gasteiger partial charge in [-0.25, -0.2) is 0 Å². The highest BCUT2D eigenvalue weighted by Crippen LogP contribution is 2.16. The first-order valence-electron chi connectivity index (χ1n) is 26.5. The van der Waals surface area contributed by atoms with E-state index >= 15 is 0 Å². The molecule has 0 aliphatic heterocycles. The maximum atomic E-state index is 12.7. The molecule has 63 heavy (non-hydrogen) atoms. The van der Waals surface area contributed by atoms with Crippen molar-refractivity contribution in [3.8, 4) is 0 Å². The standard InChI is InChI=1S/C54H101NO8/c1-6-8-10-12-13-14-15-16-17-18-19-20-21-22-23-24-25-26-27-28-29-30-31-32-33-34-35-36-37-38-39-41-43-45-52(57)63-50(48-61-51(56)44-42-40-11-9-7-2)49-62-54(53(58)59)60-47-46-55(3,4)5/h15-16,18-19,50,54H,6-14,17,20-49H2,1-5H3/b16-15-,19-18-. The topological polar surface area (TPSA) is 111 Å². The molecule has 0 aromatic heterocycles. The maximum Gasteiger partial charge on any atom is 0.306 e. The number of carboxylic acids is 1. The molecule has 0 rings (SSSR count). The van der Waals surface area contributed by atoms with Crippen LogP contribution in [0.15, 0.2) is 24.3 Å². The molecule has 0 radical (unpaired) electrons. The van der Waals surface area contributed by atoms with Crippen LogP contribution in [0.5, 0.6) is 0 Å². The van der Waals surface area contributed by atoms with Gasteiger partial charge in [0.05, 0.1) is 40.3 Å². The fraction of sp³-hybridized carbons (Fsp3) is 0.870. The lowest BCUT2D eigenvalue weighted by atomic mass is 10.0. The molecule has 0 spiro atoms. The third-order valence-corrected chi connectivity index (χ3v) is 11.7. The number of quaternary nitrogens is 1. The van der Waals surface area contributed by atoms with Gasteiger partial charge < -0.3 is 33.3 Å². The predicted octanol–water partition coefficient (Wildman–Crippen LogP) is 13.5. The monoisotopic (exact) mass is 892 g/mol. The average Bonchev–Trinajstić information content (AvgIpc) is 3.24. The second-order valence-electron chi connectivity index (χ2n) is 19.2. The number of carbonyl (C=O) groups is 3. The number of likely N-dealkylation sites (N-methyl/N-ethyl adjacent to an activating group) is 1. The Morgan fingerprint density at radius 1 is 0.476 bits per heavy atom. The number of nitrogens with zero attached hydrogens (tertiary/aromatic N) is 1. The molecule has 2 unspecified atom stereocenters. The van der Waals surface area contributed by atoms with Crippen molar-refractivity contribution in [1.29, 1.82) is 0 Å². The van der Waals surface area contributed by atoms with Gasteiger partial charge >= 0.3 is 11.9 Å². The number of rotatable bonds is 49. The van der Waals surface area contributed by atoms with Crippen molar-refractivity contribution in [3.05, 3.63) is 24.3 Å². The highest BCUT2D eigenvalue weighted by molar-refractivity contribution is 5.70. The fourth-order valence-electron chi connectivity index (χ4n) is 7.57. The van der Waals surface area contributed by atoms with E-state index in [1.807, 2.05) is 21.1 Å². The summed E-state index contributed by atoms with van der Waals surface area (Å²) in [7, 11) is 5.91. The Kier molecular flexibility index (Phi) is 44.7. The molecule has 370 valence electrons. The Balaban J connectivity index is 3.87. The minimum atomic E-state index is -1.61. The number of allylic oxidation sites excluding steroid dienone is 4. The number of hydrogen-bond acceptors (Lipinski definition) is 8. The van der Waals surface area contributed by atoms with Crippen LogP contribution in [0.4, 0.5) is 0 Å². The summed E-state index contributed by atoms with van der Waals surface area (Å²) in [6, 6.07) is 0. The van der Waals surface area contributed by atoms with E-state index in [-0.39, 0.29) is 32.2 Å². The SMILES string of the molecule is CCCCCCC/C=C\C/C=C\CCCCCCCCCCCCCCCCCCCCCCCC(=O)OC(COC(=O)CCCCCCC)COC(OCC[N+](C)(C)C)C(=O)[O-]. The molecule has 2 atom stereocenters. The zero-order valence-corrected chi connectivity index (χ0v) is 42.0. The van der Waals surface area contributed by atoms with Crippen LogP contribution in [0, 0.1) is 0 Å². The molecule has 0 aliphatic rings. The summed E-state index contributed by atoms with van der Waals surface area (Å²) in [5.41, 5.74) is 0. The van der Waals surface area contributed by atoms with Crippen molar-refractivity contribution in [3.63, 3.8) is 0 Å². The van der Waals surface area contributed by atoms with Crippen LogP contribution in [0.25, 0.3) is 0 Å². The quantitative estimate of drug-likeness (QED) is 0.0195. The van der Waals surface area contributed by atoms with E-state index in [2.05, 4.69) is 38.2 Å². The lowest BCUT2D eigenvalue weighted by Gasteiger charge is -2.26. The van der Waals surface area contributed by atoms with Crippen molar-refractivity contribution < 1.29 is 42.9 Å². The first kappa shape index (κ1) is 60.8. The summed E-state index contributed by atoms with van der Waals surface area (Å²) in [6.45, 7) is 4.66. The molecule has 0 saturated carbocycles. The number of ether oxygens (including phenoxy) is 4. The molecule has 0 aromatic carbocycles. The molecule has 0 amide bonds. The second-order valence-corrected chi connectivity index (χ2v) is 19.2. The van der Waals surface area contributed by atoms with E-state index in [0.29, 0.717) is 17.4 Å². The van der Waals surface area contributed by atoms with Gasteiger partial charge in [-0.15, -0.1) is 0 Å². The zero-order valence-electron chi connectivity index (χ0n) is 42.0. The van der Waals surface area contributed by atoms with Gasteiger partial charge in [0.25, 0.3) is 0 Å². The predicted molar refractivity (Wildman–Crippen MR) is 260 cm³/mol. The van der Waals surface area contributed by atoms with Crippen LogP contribution >= 0.6 is 0 Å². The number of carboxylic acid groups (broad SMARTS) is 1. The van der Waals surface area contributed by atoms with Gasteiger partial charge in [0.15, 0.2) is 12.4 Å². The Hall–Kier alpha value is -2.23. The van der Waals surface area contributed by atoms with Gasteiger partial charge in [-0.2, -0.15) is 0 Å². The molecule has 9 heteroatoms. The van der Waals surface area contributed by atoms with Gasteiger partial charge in [0.1, 0.15) is 13.2 Å². The molecule has 0 N–H and O–H groups in total. The molecule has 0 heterocycles. The van der Waals surface area contributed by atoms with Crippen molar-refractivity contribution in [2.75, 3.05) is 47.5 Å². The third-order valence-electron chi connectivity index (χ3n) is 11.7. The average molecular weight is 892 g/mol. The van der Waals surface area contributed by atoms with E-state index in [0.717, 1.165) is 57.8 Å². The molecule has 0 fully saturated rings. The highest BCUT2D eigenvalue weighted by atomic mass is 16.7. The maximum absolute atomic E-state index is 12.7. The normalized spacial score (nSPS) is 13.0. The number of aliphatic carboxylic acids is 1. The van der Waals surface area contributed by atoms with Crippen molar-refractivity contribution in [2.24, 2.45) is 0 Å². The number of hydrogen-bond donors (Lipinski definition) is 0. The van der Waals surface area contributed by atoms with E-state index in [9.17, 15) is 19.5 Å². The smallest absolute Gasteiger partial charge is 0.306 e. The molecule has 9 nitrogen and oxygen atoms in total. The Bertz CT molecular complexity index is 1090. The first-order chi connectivity index (χ1) is 30.6. The van der Waals surface area contributed by atoms with Crippen LogP contribution in [0.1, 0.15) is 245 Å². The first-order valence-corrected chi connectivity index (χ1v) is 26.5. The second kappa shape index (κ2) is 46.3. The molecular weight excluding hydrogens is 791 g/mol. The molecular formula is C54H101NO8.